The highest BCUT2D eigenvalue weighted by Crippen LogP contribution is 2.29. The fourth-order valence-electron chi connectivity index (χ4n) is 3.64. The number of ether oxygens (including phenoxy) is 3. The molecule has 2 aromatic heterocycles. The number of carbonyl (C=O) groups excluding carboxylic acids is 1. The van der Waals surface area contributed by atoms with Crippen LogP contribution in [0, 0.1) is 13.8 Å². The van der Waals surface area contributed by atoms with Crippen molar-refractivity contribution in [2.24, 2.45) is 0 Å². The van der Waals surface area contributed by atoms with Gasteiger partial charge in [0.15, 0.2) is 23.9 Å². The maximum atomic E-state index is 12.7. The van der Waals surface area contributed by atoms with E-state index in [1.807, 2.05) is 64.1 Å². The minimum Gasteiger partial charge on any atom is -0.490 e. The van der Waals surface area contributed by atoms with Gasteiger partial charge in [-0.2, -0.15) is 10.2 Å². The molecule has 0 radical (unpaired) electrons. The third-order valence-corrected chi connectivity index (χ3v) is 5.41. The summed E-state index contributed by atoms with van der Waals surface area (Å²) in [6.07, 6.45) is 5.09. The van der Waals surface area contributed by atoms with Gasteiger partial charge >= 0.3 is 0 Å². The summed E-state index contributed by atoms with van der Waals surface area (Å²) in [5, 5.41) is 11.5. The molecule has 0 saturated carbocycles. The monoisotopic (exact) mass is 489 g/mol. The molecule has 36 heavy (non-hydrogen) atoms. The van der Waals surface area contributed by atoms with Crippen LogP contribution in [0.15, 0.2) is 61.1 Å². The molecule has 2 heterocycles. The van der Waals surface area contributed by atoms with Crippen molar-refractivity contribution in [3.63, 3.8) is 0 Å². The first-order valence-electron chi connectivity index (χ1n) is 11.9. The van der Waals surface area contributed by atoms with Gasteiger partial charge in [-0.3, -0.25) is 9.48 Å². The lowest BCUT2D eigenvalue weighted by atomic mass is 10.1. The van der Waals surface area contributed by atoms with Gasteiger partial charge in [0.05, 0.1) is 31.6 Å². The van der Waals surface area contributed by atoms with Crippen molar-refractivity contribution in [3.8, 4) is 17.2 Å². The first kappa shape index (κ1) is 24.8. The van der Waals surface area contributed by atoms with Crippen LogP contribution in [0.5, 0.6) is 17.2 Å². The highest BCUT2D eigenvalue weighted by Gasteiger charge is 2.12. The number of rotatable bonds is 11. The first-order valence-corrected chi connectivity index (χ1v) is 11.9. The van der Waals surface area contributed by atoms with E-state index in [0.29, 0.717) is 36.9 Å². The van der Waals surface area contributed by atoms with Crippen molar-refractivity contribution in [1.82, 2.24) is 19.6 Å². The maximum absolute atomic E-state index is 12.7. The molecule has 0 aliphatic rings. The number of nitrogens with zero attached hydrogens (tertiary/aromatic N) is 4. The second kappa shape index (κ2) is 11.4. The molecule has 0 saturated heterocycles. The number of nitrogens with one attached hydrogen (secondary N) is 1. The molecule has 4 rings (SSSR count). The van der Waals surface area contributed by atoms with Gasteiger partial charge in [0, 0.05) is 12.4 Å². The lowest BCUT2D eigenvalue weighted by Gasteiger charge is -2.12. The average molecular weight is 490 g/mol. The first-order chi connectivity index (χ1) is 17.4. The van der Waals surface area contributed by atoms with Crippen molar-refractivity contribution in [1.29, 1.82) is 0 Å². The standard InChI is InChI=1S/C27H31N5O4/c1-5-34-24-10-9-21(14-26(24)35-6-2)16-32-17-22(15-28-32)29-27(33)23-11-12-31(30-23)18-36-25-13-19(3)7-8-20(25)4/h7-15,17H,5-6,16,18H2,1-4H3,(H,29,33). The molecular weight excluding hydrogens is 458 g/mol. The fourth-order valence-corrected chi connectivity index (χ4v) is 3.64. The van der Waals surface area contributed by atoms with Crippen LogP contribution in [0.1, 0.15) is 41.0 Å². The summed E-state index contributed by atoms with van der Waals surface area (Å²) in [7, 11) is 0. The van der Waals surface area contributed by atoms with Crippen molar-refractivity contribution in [2.45, 2.75) is 41.0 Å². The van der Waals surface area contributed by atoms with Crippen LogP contribution in [-0.2, 0) is 13.3 Å². The number of amides is 1. The van der Waals surface area contributed by atoms with Crippen molar-refractivity contribution in [2.75, 3.05) is 18.5 Å². The van der Waals surface area contributed by atoms with Gasteiger partial charge in [-0.15, -0.1) is 0 Å². The second-order valence-corrected chi connectivity index (χ2v) is 8.31. The zero-order valence-corrected chi connectivity index (χ0v) is 21.0. The maximum Gasteiger partial charge on any atom is 0.276 e. The second-order valence-electron chi connectivity index (χ2n) is 8.31. The summed E-state index contributed by atoms with van der Waals surface area (Å²) in [5.74, 6) is 1.90. The summed E-state index contributed by atoms with van der Waals surface area (Å²) in [6.45, 7) is 9.73. The third-order valence-electron chi connectivity index (χ3n) is 5.41. The summed E-state index contributed by atoms with van der Waals surface area (Å²) in [5.41, 5.74) is 4.04. The Labute approximate surface area is 210 Å². The summed E-state index contributed by atoms with van der Waals surface area (Å²) in [6, 6.07) is 13.5. The zero-order valence-electron chi connectivity index (χ0n) is 21.0. The molecule has 188 valence electrons. The SMILES string of the molecule is CCOc1ccc(Cn2cc(NC(=O)c3ccn(COc4cc(C)ccc4C)n3)cn2)cc1OCC. The minimum absolute atomic E-state index is 0.210. The lowest BCUT2D eigenvalue weighted by Crippen LogP contribution is -2.14. The lowest BCUT2D eigenvalue weighted by molar-refractivity contribution is 0.102. The molecular formula is C27H31N5O4. The Morgan fingerprint density at radius 1 is 0.917 bits per heavy atom. The number of hydrogen-bond donors (Lipinski definition) is 1. The van der Waals surface area contributed by atoms with E-state index in [4.69, 9.17) is 14.2 Å². The Balaban J connectivity index is 1.35. The summed E-state index contributed by atoms with van der Waals surface area (Å²) < 4.78 is 20.5. The Morgan fingerprint density at radius 3 is 2.53 bits per heavy atom. The van der Waals surface area contributed by atoms with E-state index in [1.54, 1.807) is 34.0 Å². The molecule has 9 nitrogen and oxygen atoms in total. The largest absolute Gasteiger partial charge is 0.490 e. The van der Waals surface area contributed by atoms with Crippen LogP contribution in [0.4, 0.5) is 5.69 Å². The van der Waals surface area contributed by atoms with Gasteiger partial charge in [0.1, 0.15) is 5.75 Å². The van der Waals surface area contributed by atoms with Crippen LogP contribution in [0.3, 0.4) is 0 Å². The van der Waals surface area contributed by atoms with E-state index in [9.17, 15) is 4.79 Å². The topological polar surface area (TPSA) is 92.4 Å². The van der Waals surface area contributed by atoms with E-state index in [2.05, 4.69) is 15.5 Å². The average Bonchev–Trinajstić information content (AvgIpc) is 3.51. The van der Waals surface area contributed by atoms with Gasteiger partial charge in [-0.1, -0.05) is 18.2 Å². The third kappa shape index (κ3) is 6.24. The quantitative estimate of drug-likeness (QED) is 0.324. The molecule has 0 unspecified atom stereocenters. The summed E-state index contributed by atoms with van der Waals surface area (Å²) in [4.78, 5) is 12.7. The van der Waals surface area contributed by atoms with E-state index in [-0.39, 0.29) is 12.6 Å². The summed E-state index contributed by atoms with van der Waals surface area (Å²) >= 11 is 0. The molecule has 0 aliphatic carbocycles. The molecule has 0 spiro atoms. The van der Waals surface area contributed by atoms with Gasteiger partial charge in [0.2, 0.25) is 0 Å². The Hall–Kier alpha value is -4.27. The zero-order chi connectivity index (χ0) is 25.5. The highest BCUT2D eigenvalue weighted by molar-refractivity contribution is 6.02. The smallest absolute Gasteiger partial charge is 0.276 e. The molecule has 4 aromatic rings. The predicted octanol–water partition coefficient (Wildman–Crippen LogP) is 4.83. The number of aromatic nitrogens is 4. The highest BCUT2D eigenvalue weighted by atomic mass is 16.5. The molecule has 0 fully saturated rings. The number of benzene rings is 2. The molecule has 0 bridgehead atoms. The van der Waals surface area contributed by atoms with E-state index >= 15 is 0 Å². The molecule has 0 atom stereocenters. The number of aryl methyl sites for hydroxylation is 2. The van der Waals surface area contributed by atoms with Gasteiger partial charge in [-0.05, 0) is 68.7 Å². The number of carbonyl (C=O) groups is 1. The predicted molar refractivity (Wildman–Crippen MR) is 137 cm³/mol. The van der Waals surface area contributed by atoms with Crippen LogP contribution in [0.25, 0.3) is 0 Å². The number of anilines is 1. The van der Waals surface area contributed by atoms with Gasteiger partial charge < -0.3 is 19.5 Å². The Morgan fingerprint density at radius 2 is 1.72 bits per heavy atom. The Bertz CT molecular complexity index is 1330. The van der Waals surface area contributed by atoms with E-state index in [1.165, 1.54) is 0 Å². The normalized spacial score (nSPS) is 10.8. The van der Waals surface area contributed by atoms with Crippen molar-refractivity contribution >= 4 is 11.6 Å². The Kier molecular flexibility index (Phi) is 7.89. The molecule has 9 heteroatoms. The van der Waals surface area contributed by atoms with Crippen LogP contribution >= 0.6 is 0 Å². The van der Waals surface area contributed by atoms with E-state index in [0.717, 1.165) is 28.2 Å². The van der Waals surface area contributed by atoms with Crippen LogP contribution < -0.4 is 19.5 Å². The molecule has 2 aromatic carbocycles. The molecule has 0 aliphatic heterocycles. The van der Waals surface area contributed by atoms with Crippen molar-refractivity contribution in [3.05, 3.63) is 83.4 Å². The molecule has 1 N–H and O–H groups in total. The number of hydrogen-bond acceptors (Lipinski definition) is 6. The fraction of sp³-hybridized carbons (Fsp3) is 0.296. The van der Waals surface area contributed by atoms with Crippen molar-refractivity contribution < 1.29 is 19.0 Å². The molecule has 1 amide bonds. The van der Waals surface area contributed by atoms with Crippen LogP contribution in [0.2, 0.25) is 0 Å². The minimum atomic E-state index is -0.320. The van der Waals surface area contributed by atoms with Gasteiger partial charge in [-0.25, -0.2) is 4.68 Å². The van der Waals surface area contributed by atoms with Crippen LogP contribution in [-0.4, -0.2) is 38.7 Å². The van der Waals surface area contributed by atoms with Gasteiger partial charge in [0.25, 0.3) is 5.91 Å². The van der Waals surface area contributed by atoms with E-state index < -0.39 is 0 Å².